The average Bonchev–Trinajstić information content (AvgIpc) is 3.23. The van der Waals surface area contributed by atoms with Gasteiger partial charge in [0.2, 0.25) is 5.91 Å². The topological polar surface area (TPSA) is 41.1 Å². The predicted molar refractivity (Wildman–Crippen MR) is 77.9 cm³/mol. The van der Waals surface area contributed by atoms with Crippen molar-refractivity contribution in [3.63, 3.8) is 0 Å². The maximum Gasteiger partial charge on any atom is 0.220 e. The van der Waals surface area contributed by atoms with Crippen LogP contribution in [0.15, 0.2) is 24.3 Å². The largest absolute Gasteiger partial charge is 0.353 e. The molecule has 0 spiro atoms. The van der Waals surface area contributed by atoms with Crippen molar-refractivity contribution in [1.82, 2.24) is 10.6 Å². The summed E-state index contributed by atoms with van der Waals surface area (Å²) in [7, 11) is 0. The van der Waals surface area contributed by atoms with E-state index in [0.29, 0.717) is 12.5 Å². The van der Waals surface area contributed by atoms with Gasteiger partial charge < -0.3 is 10.6 Å². The third-order valence-corrected chi connectivity index (χ3v) is 3.46. The number of rotatable bonds is 8. The molecule has 0 unspecified atom stereocenters. The van der Waals surface area contributed by atoms with Crippen molar-refractivity contribution < 1.29 is 4.79 Å². The molecular formula is C16H24N2O. The van der Waals surface area contributed by atoms with Gasteiger partial charge in [-0.1, -0.05) is 31.2 Å². The van der Waals surface area contributed by atoms with Crippen molar-refractivity contribution in [1.29, 1.82) is 0 Å². The second-order valence-electron chi connectivity index (χ2n) is 5.29. The highest BCUT2D eigenvalue weighted by Gasteiger charge is 2.22. The number of hydrogen-bond donors (Lipinski definition) is 2. The summed E-state index contributed by atoms with van der Waals surface area (Å²) in [5.41, 5.74) is 2.68. The van der Waals surface area contributed by atoms with Crippen LogP contribution in [-0.4, -0.2) is 18.5 Å². The fourth-order valence-electron chi connectivity index (χ4n) is 2.03. The fraction of sp³-hybridized carbons (Fsp3) is 0.562. The van der Waals surface area contributed by atoms with Crippen molar-refractivity contribution in [2.24, 2.45) is 0 Å². The zero-order valence-corrected chi connectivity index (χ0v) is 11.7. The summed E-state index contributed by atoms with van der Waals surface area (Å²) in [5, 5.41) is 6.39. The Morgan fingerprint density at radius 1 is 1.21 bits per heavy atom. The SMILES string of the molecule is CCc1ccc(CNCCCC(=O)NC2CC2)cc1. The predicted octanol–water partition coefficient (Wildman–Crippen LogP) is 2.40. The molecule has 1 aromatic carbocycles. The molecule has 0 saturated heterocycles. The minimum absolute atomic E-state index is 0.205. The average molecular weight is 260 g/mol. The Balaban J connectivity index is 1.54. The van der Waals surface area contributed by atoms with Gasteiger partial charge in [-0.25, -0.2) is 0 Å². The summed E-state index contributed by atoms with van der Waals surface area (Å²) in [5.74, 6) is 0.205. The summed E-state index contributed by atoms with van der Waals surface area (Å²) in [6.07, 6.45) is 4.96. The molecule has 1 saturated carbocycles. The van der Waals surface area contributed by atoms with Gasteiger partial charge in [-0.05, 0) is 43.4 Å². The lowest BCUT2D eigenvalue weighted by atomic mass is 10.1. The van der Waals surface area contributed by atoms with Crippen molar-refractivity contribution in [3.8, 4) is 0 Å². The van der Waals surface area contributed by atoms with Gasteiger partial charge in [-0.15, -0.1) is 0 Å². The Kier molecular flexibility index (Phi) is 5.40. The van der Waals surface area contributed by atoms with E-state index in [0.717, 1.165) is 38.8 Å². The summed E-state index contributed by atoms with van der Waals surface area (Å²) in [4.78, 5) is 11.5. The number of carbonyl (C=O) groups excluding carboxylic acids is 1. The van der Waals surface area contributed by atoms with Crippen molar-refractivity contribution >= 4 is 5.91 Å². The Morgan fingerprint density at radius 2 is 1.89 bits per heavy atom. The van der Waals surface area contributed by atoms with Crippen LogP contribution in [-0.2, 0) is 17.8 Å². The highest BCUT2D eigenvalue weighted by Crippen LogP contribution is 2.18. The Morgan fingerprint density at radius 3 is 2.53 bits per heavy atom. The molecule has 1 aliphatic rings. The molecule has 3 nitrogen and oxygen atoms in total. The maximum atomic E-state index is 11.5. The molecule has 19 heavy (non-hydrogen) atoms. The molecule has 2 N–H and O–H groups in total. The van der Waals surface area contributed by atoms with E-state index in [1.165, 1.54) is 11.1 Å². The Labute approximate surface area is 115 Å². The summed E-state index contributed by atoms with van der Waals surface area (Å²) in [6.45, 7) is 3.95. The first-order valence-corrected chi connectivity index (χ1v) is 7.36. The molecule has 0 radical (unpaired) electrons. The zero-order valence-electron chi connectivity index (χ0n) is 11.7. The van der Waals surface area contributed by atoms with Crippen LogP contribution < -0.4 is 10.6 Å². The normalized spacial score (nSPS) is 14.4. The second kappa shape index (κ2) is 7.29. The van der Waals surface area contributed by atoms with Crippen molar-refractivity contribution in [3.05, 3.63) is 35.4 Å². The van der Waals surface area contributed by atoms with Gasteiger partial charge >= 0.3 is 0 Å². The van der Waals surface area contributed by atoms with Crippen LogP contribution in [0.3, 0.4) is 0 Å². The number of nitrogens with one attached hydrogen (secondary N) is 2. The van der Waals surface area contributed by atoms with Crippen LogP contribution >= 0.6 is 0 Å². The van der Waals surface area contributed by atoms with E-state index >= 15 is 0 Å². The lowest BCUT2D eigenvalue weighted by molar-refractivity contribution is -0.121. The summed E-state index contributed by atoms with van der Waals surface area (Å²) < 4.78 is 0. The highest BCUT2D eigenvalue weighted by molar-refractivity contribution is 5.76. The van der Waals surface area contributed by atoms with Gasteiger partial charge in [-0.2, -0.15) is 0 Å². The van der Waals surface area contributed by atoms with E-state index in [9.17, 15) is 4.79 Å². The summed E-state index contributed by atoms with van der Waals surface area (Å²) in [6, 6.07) is 9.19. The van der Waals surface area contributed by atoms with Crippen LogP contribution in [0, 0.1) is 0 Å². The number of aryl methyl sites for hydroxylation is 1. The molecule has 0 aliphatic heterocycles. The molecule has 0 heterocycles. The number of hydrogen-bond acceptors (Lipinski definition) is 2. The van der Waals surface area contributed by atoms with E-state index in [-0.39, 0.29) is 5.91 Å². The molecule has 0 atom stereocenters. The lowest BCUT2D eigenvalue weighted by Crippen LogP contribution is -2.26. The van der Waals surface area contributed by atoms with Gasteiger partial charge in [-0.3, -0.25) is 4.79 Å². The number of benzene rings is 1. The molecule has 1 aromatic rings. The van der Waals surface area contributed by atoms with E-state index in [4.69, 9.17) is 0 Å². The van der Waals surface area contributed by atoms with E-state index < -0.39 is 0 Å². The van der Waals surface area contributed by atoms with Crippen LogP contribution in [0.1, 0.15) is 43.7 Å². The van der Waals surface area contributed by atoms with Gasteiger partial charge in [0.15, 0.2) is 0 Å². The third-order valence-electron chi connectivity index (χ3n) is 3.46. The van der Waals surface area contributed by atoms with Gasteiger partial charge in [0.1, 0.15) is 0 Å². The third kappa shape index (κ3) is 5.43. The van der Waals surface area contributed by atoms with E-state index in [2.05, 4.69) is 41.8 Å². The van der Waals surface area contributed by atoms with Gasteiger partial charge in [0, 0.05) is 19.0 Å². The Hall–Kier alpha value is -1.35. The van der Waals surface area contributed by atoms with Gasteiger partial charge in [0.25, 0.3) is 0 Å². The lowest BCUT2D eigenvalue weighted by Gasteiger charge is -2.06. The minimum Gasteiger partial charge on any atom is -0.353 e. The fourth-order valence-corrected chi connectivity index (χ4v) is 2.03. The van der Waals surface area contributed by atoms with Gasteiger partial charge in [0.05, 0.1) is 0 Å². The van der Waals surface area contributed by atoms with Crippen molar-refractivity contribution in [2.45, 2.75) is 51.6 Å². The molecule has 1 amide bonds. The van der Waals surface area contributed by atoms with E-state index in [1.807, 2.05) is 0 Å². The standard InChI is InChI=1S/C16H24N2O/c1-2-13-5-7-14(8-6-13)12-17-11-3-4-16(19)18-15-9-10-15/h5-8,15,17H,2-4,9-12H2,1H3,(H,18,19). The van der Waals surface area contributed by atoms with Crippen LogP contribution in [0.5, 0.6) is 0 Å². The molecule has 0 bridgehead atoms. The number of amides is 1. The monoisotopic (exact) mass is 260 g/mol. The number of carbonyl (C=O) groups is 1. The molecule has 104 valence electrons. The summed E-state index contributed by atoms with van der Waals surface area (Å²) >= 11 is 0. The van der Waals surface area contributed by atoms with Crippen LogP contribution in [0.25, 0.3) is 0 Å². The van der Waals surface area contributed by atoms with E-state index in [1.54, 1.807) is 0 Å². The molecule has 3 heteroatoms. The Bertz CT molecular complexity index is 396. The maximum absolute atomic E-state index is 11.5. The van der Waals surface area contributed by atoms with Crippen LogP contribution in [0.4, 0.5) is 0 Å². The van der Waals surface area contributed by atoms with Crippen molar-refractivity contribution in [2.75, 3.05) is 6.54 Å². The molecule has 2 rings (SSSR count). The molecular weight excluding hydrogens is 236 g/mol. The first-order chi connectivity index (χ1) is 9.28. The molecule has 1 fully saturated rings. The second-order valence-corrected chi connectivity index (χ2v) is 5.29. The first-order valence-electron chi connectivity index (χ1n) is 7.36. The molecule has 0 aromatic heterocycles. The zero-order chi connectivity index (χ0) is 13.5. The highest BCUT2D eigenvalue weighted by atomic mass is 16.1. The molecule has 1 aliphatic carbocycles. The first kappa shape index (κ1) is 14.1. The minimum atomic E-state index is 0.205. The smallest absolute Gasteiger partial charge is 0.220 e. The quantitative estimate of drug-likeness (QED) is 0.705. The van der Waals surface area contributed by atoms with Crippen LogP contribution in [0.2, 0.25) is 0 Å².